The van der Waals surface area contributed by atoms with Crippen LogP contribution in [0.25, 0.3) is 0 Å². The van der Waals surface area contributed by atoms with E-state index >= 15 is 0 Å². The number of rotatable bonds is 17. The van der Waals surface area contributed by atoms with Crippen LogP contribution in [0.4, 0.5) is 5.69 Å². The molecule has 37 heavy (non-hydrogen) atoms. The highest BCUT2D eigenvalue weighted by atomic mass is 16.6. The van der Waals surface area contributed by atoms with Crippen LogP contribution in [0.2, 0.25) is 0 Å². The van der Waals surface area contributed by atoms with Gasteiger partial charge in [-0.2, -0.15) is 0 Å². The number of carbonyl (C=O) groups excluding carboxylic acids is 1. The molecule has 0 bridgehead atoms. The minimum absolute atomic E-state index is 0.0522. The van der Waals surface area contributed by atoms with Gasteiger partial charge in [-0.25, -0.2) is 9.59 Å². The molecule has 0 aliphatic rings. The number of non-ortho nitro benzene ring substituents is 1. The number of carboxylic acid groups (broad SMARTS) is 1. The number of para-hydroxylation sites is 1. The molecule has 204 valence electrons. The molecule has 2 aromatic carbocycles. The quantitative estimate of drug-likeness (QED) is 0.0985. The summed E-state index contributed by atoms with van der Waals surface area (Å²) >= 11 is 0. The molecule has 2 aromatic rings. The molecular formula is C30H43NO6. The zero-order chi connectivity index (χ0) is 27.3. The maximum absolute atomic E-state index is 12.3. The maximum Gasteiger partial charge on any atom is 0.339 e. The molecule has 0 aromatic heterocycles. The molecule has 7 heteroatoms. The van der Waals surface area contributed by atoms with E-state index in [1.807, 2.05) is 6.07 Å². The highest BCUT2D eigenvalue weighted by molar-refractivity contribution is 6.02. The predicted octanol–water partition coefficient (Wildman–Crippen LogP) is 8.40. The molecule has 0 spiro atoms. The molecule has 0 aliphatic heterocycles. The van der Waals surface area contributed by atoms with Gasteiger partial charge in [0.05, 0.1) is 22.7 Å². The molecule has 0 heterocycles. The van der Waals surface area contributed by atoms with E-state index in [4.69, 9.17) is 4.74 Å². The monoisotopic (exact) mass is 513 g/mol. The minimum Gasteiger partial charge on any atom is -0.478 e. The number of hydrogen-bond acceptors (Lipinski definition) is 5. The second-order valence-electron chi connectivity index (χ2n) is 9.20. The van der Waals surface area contributed by atoms with E-state index < -0.39 is 16.9 Å². The topological polar surface area (TPSA) is 107 Å². The molecule has 2 rings (SSSR count). The van der Waals surface area contributed by atoms with Crippen LogP contribution in [-0.2, 0) is 11.2 Å². The van der Waals surface area contributed by atoms with E-state index in [-0.39, 0.29) is 16.8 Å². The number of nitro benzene ring substituents is 1. The summed E-state index contributed by atoms with van der Waals surface area (Å²) in [6, 6.07) is 13.0. The van der Waals surface area contributed by atoms with Gasteiger partial charge >= 0.3 is 11.9 Å². The molecule has 0 atom stereocenters. The predicted molar refractivity (Wildman–Crippen MR) is 147 cm³/mol. The Morgan fingerprint density at radius 2 is 1.35 bits per heavy atom. The lowest BCUT2D eigenvalue weighted by molar-refractivity contribution is -0.384. The Bertz CT molecular complexity index is 929. The Hall–Kier alpha value is -3.22. The first-order chi connectivity index (χ1) is 17.9. The number of nitrogens with zero attached hydrogens (tertiary/aromatic N) is 1. The molecule has 0 amide bonds. The number of unbranched alkanes of at least 4 members (excludes halogenated alkanes) is 10. The van der Waals surface area contributed by atoms with E-state index in [9.17, 15) is 24.8 Å². The Balaban J connectivity index is 0.000000635. The first-order valence-electron chi connectivity index (χ1n) is 13.6. The van der Waals surface area contributed by atoms with E-state index in [2.05, 4.69) is 13.8 Å². The second-order valence-corrected chi connectivity index (χ2v) is 9.20. The van der Waals surface area contributed by atoms with Gasteiger partial charge in [-0.3, -0.25) is 10.1 Å². The molecule has 0 unspecified atom stereocenters. The Kier molecular flexibility index (Phi) is 17.1. The van der Waals surface area contributed by atoms with Gasteiger partial charge in [-0.05, 0) is 37.0 Å². The fraction of sp³-hybridized carbons (Fsp3) is 0.533. The van der Waals surface area contributed by atoms with Gasteiger partial charge in [0.25, 0.3) is 5.69 Å². The highest BCUT2D eigenvalue weighted by Gasteiger charge is 2.18. The van der Waals surface area contributed by atoms with Crippen molar-refractivity contribution < 1.29 is 24.4 Å². The van der Waals surface area contributed by atoms with Crippen molar-refractivity contribution >= 4 is 17.6 Å². The molecule has 0 fully saturated rings. The molecule has 7 nitrogen and oxygen atoms in total. The summed E-state index contributed by atoms with van der Waals surface area (Å²) in [6.07, 6.45) is 14.7. The summed E-state index contributed by atoms with van der Waals surface area (Å²) in [5, 5.41) is 19.5. The van der Waals surface area contributed by atoms with Crippen LogP contribution < -0.4 is 0 Å². The number of benzene rings is 2. The average molecular weight is 514 g/mol. The van der Waals surface area contributed by atoms with Gasteiger partial charge in [0, 0.05) is 12.1 Å². The number of aromatic carboxylic acids is 1. The van der Waals surface area contributed by atoms with Gasteiger partial charge in [0.15, 0.2) is 0 Å². The van der Waals surface area contributed by atoms with Crippen molar-refractivity contribution in [3.8, 4) is 0 Å². The summed E-state index contributed by atoms with van der Waals surface area (Å²) < 4.78 is 5.30. The van der Waals surface area contributed by atoms with Gasteiger partial charge in [-0.15, -0.1) is 0 Å². The van der Waals surface area contributed by atoms with Crippen molar-refractivity contribution in [2.24, 2.45) is 0 Å². The molecule has 0 saturated heterocycles. The lowest BCUT2D eigenvalue weighted by Gasteiger charge is -2.10. The summed E-state index contributed by atoms with van der Waals surface area (Å²) in [5.74, 6) is -1.60. The van der Waals surface area contributed by atoms with E-state index in [0.29, 0.717) is 6.61 Å². The van der Waals surface area contributed by atoms with Crippen molar-refractivity contribution in [1.82, 2.24) is 0 Å². The number of esters is 1. The summed E-state index contributed by atoms with van der Waals surface area (Å²) in [7, 11) is 0. The summed E-state index contributed by atoms with van der Waals surface area (Å²) in [6.45, 7) is 4.73. The van der Waals surface area contributed by atoms with Gasteiger partial charge < -0.3 is 9.84 Å². The summed E-state index contributed by atoms with van der Waals surface area (Å²) in [4.78, 5) is 33.5. The number of ether oxygens (including phenoxy) is 1. The van der Waals surface area contributed by atoms with Gasteiger partial charge in [0.1, 0.15) is 0 Å². The van der Waals surface area contributed by atoms with Crippen molar-refractivity contribution in [2.75, 3.05) is 6.61 Å². The zero-order valence-corrected chi connectivity index (χ0v) is 22.5. The third-order valence-electron chi connectivity index (χ3n) is 6.05. The van der Waals surface area contributed by atoms with Gasteiger partial charge in [-0.1, -0.05) is 102 Å². The normalized spacial score (nSPS) is 10.3. The SMILES string of the molecule is CCCCCCCCOC(=O)c1ccc(CCCCCCCC)cc1C(=O)O.O=[N+]([O-])c1ccccc1. The number of aryl methyl sites for hydroxylation is 1. The third-order valence-corrected chi connectivity index (χ3v) is 6.05. The average Bonchev–Trinajstić information content (AvgIpc) is 2.90. The summed E-state index contributed by atoms with van der Waals surface area (Å²) in [5.41, 5.74) is 1.32. The lowest BCUT2D eigenvalue weighted by Crippen LogP contribution is -2.13. The molecule has 1 N–H and O–H groups in total. The Labute approximate surface area is 221 Å². The Morgan fingerprint density at radius 3 is 1.89 bits per heavy atom. The lowest BCUT2D eigenvalue weighted by atomic mass is 9.99. The van der Waals surface area contributed by atoms with Crippen molar-refractivity contribution in [3.05, 3.63) is 75.3 Å². The largest absolute Gasteiger partial charge is 0.478 e. The number of carbonyl (C=O) groups is 2. The fourth-order valence-electron chi connectivity index (χ4n) is 3.89. The highest BCUT2D eigenvalue weighted by Crippen LogP contribution is 2.17. The van der Waals surface area contributed by atoms with Crippen LogP contribution in [0.1, 0.15) is 117 Å². The van der Waals surface area contributed by atoms with Gasteiger partial charge in [0.2, 0.25) is 0 Å². The minimum atomic E-state index is -1.07. The van der Waals surface area contributed by atoms with Crippen molar-refractivity contribution in [1.29, 1.82) is 0 Å². The molecule has 0 radical (unpaired) electrons. The Morgan fingerprint density at radius 1 is 0.784 bits per heavy atom. The second kappa shape index (κ2) is 19.9. The molecule has 0 saturated carbocycles. The van der Waals surface area contributed by atoms with E-state index in [1.54, 1.807) is 30.3 Å². The van der Waals surface area contributed by atoms with Crippen LogP contribution >= 0.6 is 0 Å². The van der Waals surface area contributed by atoms with Crippen LogP contribution in [0.3, 0.4) is 0 Å². The van der Waals surface area contributed by atoms with Crippen LogP contribution in [0.5, 0.6) is 0 Å². The molecule has 0 aliphatic carbocycles. The number of hydrogen-bond donors (Lipinski definition) is 1. The first kappa shape index (κ1) is 31.8. The zero-order valence-electron chi connectivity index (χ0n) is 22.5. The van der Waals surface area contributed by atoms with Crippen LogP contribution in [0, 0.1) is 10.1 Å². The number of nitro groups is 1. The standard InChI is InChI=1S/C24H38O4.C6H5NO2/c1-3-5-7-9-11-13-15-20-16-17-21(22(19-20)23(25)26)24(27)28-18-14-12-10-8-6-4-2;8-7(9)6-4-2-1-3-5-6/h16-17,19H,3-15,18H2,1-2H3,(H,25,26);1-5H. The van der Waals surface area contributed by atoms with E-state index in [0.717, 1.165) is 44.1 Å². The first-order valence-corrected chi connectivity index (χ1v) is 13.6. The number of carboxylic acids is 1. The van der Waals surface area contributed by atoms with E-state index in [1.165, 1.54) is 57.1 Å². The van der Waals surface area contributed by atoms with Crippen LogP contribution in [0.15, 0.2) is 48.5 Å². The molecular weight excluding hydrogens is 470 g/mol. The smallest absolute Gasteiger partial charge is 0.339 e. The fourth-order valence-corrected chi connectivity index (χ4v) is 3.89. The maximum atomic E-state index is 12.3. The van der Waals surface area contributed by atoms with Crippen LogP contribution in [-0.4, -0.2) is 28.6 Å². The van der Waals surface area contributed by atoms with Crippen molar-refractivity contribution in [2.45, 2.75) is 97.3 Å². The third kappa shape index (κ3) is 14.2. The van der Waals surface area contributed by atoms with Crippen molar-refractivity contribution in [3.63, 3.8) is 0 Å².